The molecule has 1 aromatic carbocycles. The number of likely N-dealkylation sites (tertiary alicyclic amines) is 1. The van der Waals surface area contributed by atoms with Crippen molar-refractivity contribution < 1.29 is 14.7 Å². The SMILES string of the molecule is N#Cc1ccc(Br)cc1NC(=O)N1CCC(C(=O)O)CC1. The molecule has 1 aliphatic rings. The smallest absolute Gasteiger partial charge is 0.321 e. The summed E-state index contributed by atoms with van der Waals surface area (Å²) >= 11 is 3.30. The summed E-state index contributed by atoms with van der Waals surface area (Å²) in [6.45, 7) is 0.803. The van der Waals surface area contributed by atoms with Gasteiger partial charge in [-0.25, -0.2) is 4.79 Å². The van der Waals surface area contributed by atoms with Gasteiger partial charge in [0.25, 0.3) is 0 Å². The molecule has 1 saturated heterocycles. The van der Waals surface area contributed by atoms with Crippen molar-refractivity contribution in [3.8, 4) is 6.07 Å². The zero-order valence-electron chi connectivity index (χ0n) is 11.2. The predicted molar refractivity (Wildman–Crippen MR) is 79.8 cm³/mol. The van der Waals surface area contributed by atoms with Crippen LogP contribution in [0.4, 0.5) is 10.5 Å². The molecule has 21 heavy (non-hydrogen) atoms. The van der Waals surface area contributed by atoms with Crippen molar-refractivity contribution in [2.45, 2.75) is 12.8 Å². The summed E-state index contributed by atoms with van der Waals surface area (Å²) in [5.41, 5.74) is 0.823. The number of hydrogen-bond acceptors (Lipinski definition) is 3. The van der Waals surface area contributed by atoms with Crippen molar-refractivity contribution >= 4 is 33.6 Å². The molecule has 1 heterocycles. The third kappa shape index (κ3) is 3.73. The van der Waals surface area contributed by atoms with Gasteiger partial charge in [0.1, 0.15) is 6.07 Å². The highest BCUT2D eigenvalue weighted by Crippen LogP contribution is 2.22. The highest BCUT2D eigenvalue weighted by Gasteiger charge is 2.27. The van der Waals surface area contributed by atoms with Crippen LogP contribution in [0.2, 0.25) is 0 Å². The van der Waals surface area contributed by atoms with Gasteiger partial charge >= 0.3 is 12.0 Å². The van der Waals surface area contributed by atoms with E-state index in [1.165, 1.54) is 0 Å². The third-order valence-electron chi connectivity index (χ3n) is 3.48. The fourth-order valence-electron chi connectivity index (χ4n) is 2.24. The average Bonchev–Trinajstić information content (AvgIpc) is 2.47. The van der Waals surface area contributed by atoms with Crippen LogP contribution in [0.15, 0.2) is 22.7 Å². The number of amides is 2. The second-order valence-corrected chi connectivity index (χ2v) is 5.75. The molecule has 1 aliphatic heterocycles. The highest BCUT2D eigenvalue weighted by molar-refractivity contribution is 9.10. The van der Waals surface area contributed by atoms with Crippen molar-refractivity contribution in [2.75, 3.05) is 18.4 Å². The first-order valence-electron chi connectivity index (χ1n) is 6.49. The molecule has 6 nitrogen and oxygen atoms in total. The fourth-order valence-corrected chi connectivity index (χ4v) is 2.60. The number of piperidine rings is 1. The van der Waals surface area contributed by atoms with Gasteiger partial charge in [0.15, 0.2) is 0 Å². The molecule has 2 rings (SSSR count). The Morgan fingerprint density at radius 2 is 2.05 bits per heavy atom. The molecule has 2 amide bonds. The minimum atomic E-state index is -0.811. The van der Waals surface area contributed by atoms with E-state index in [-0.39, 0.29) is 11.9 Å². The number of benzene rings is 1. The van der Waals surface area contributed by atoms with Crippen LogP contribution in [-0.4, -0.2) is 35.1 Å². The summed E-state index contributed by atoms with van der Waals surface area (Å²) in [7, 11) is 0. The Morgan fingerprint density at radius 1 is 1.38 bits per heavy atom. The van der Waals surface area contributed by atoms with Crippen molar-refractivity contribution in [1.29, 1.82) is 5.26 Å². The fraction of sp³-hybridized carbons (Fsp3) is 0.357. The van der Waals surface area contributed by atoms with Crippen LogP contribution in [0.5, 0.6) is 0 Å². The number of urea groups is 1. The van der Waals surface area contributed by atoms with Gasteiger partial charge in [-0.1, -0.05) is 15.9 Å². The number of carbonyl (C=O) groups is 2. The highest BCUT2D eigenvalue weighted by atomic mass is 79.9. The Bertz CT molecular complexity index is 604. The van der Waals surface area contributed by atoms with Crippen LogP contribution in [0.25, 0.3) is 0 Å². The van der Waals surface area contributed by atoms with Crippen molar-refractivity contribution in [1.82, 2.24) is 4.90 Å². The number of hydrogen-bond donors (Lipinski definition) is 2. The van der Waals surface area contributed by atoms with E-state index < -0.39 is 5.97 Å². The molecule has 2 N–H and O–H groups in total. The number of nitrogens with one attached hydrogen (secondary N) is 1. The predicted octanol–water partition coefficient (Wildman–Crippen LogP) is 2.65. The van der Waals surface area contributed by atoms with Crippen LogP contribution in [0.3, 0.4) is 0 Å². The number of aliphatic carboxylic acids is 1. The first-order valence-corrected chi connectivity index (χ1v) is 7.29. The maximum Gasteiger partial charge on any atom is 0.321 e. The summed E-state index contributed by atoms with van der Waals surface area (Å²) in [6, 6.07) is 6.73. The number of carboxylic acids is 1. The summed E-state index contributed by atoms with van der Waals surface area (Å²) in [4.78, 5) is 24.6. The Balaban J connectivity index is 2.01. The van der Waals surface area contributed by atoms with E-state index >= 15 is 0 Å². The van der Waals surface area contributed by atoms with Crippen molar-refractivity contribution in [2.24, 2.45) is 5.92 Å². The molecule has 1 aromatic rings. The normalized spacial score (nSPS) is 15.3. The van der Waals surface area contributed by atoms with Crippen LogP contribution in [-0.2, 0) is 4.79 Å². The zero-order valence-corrected chi connectivity index (χ0v) is 12.8. The Hall–Kier alpha value is -2.07. The number of anilines is 1. The molecule has 0 atom stereocenters. The minimum absolute atomic E-state index is 0.312. The second kappa shape index (κ2) is 6.59. The number of nitriles is 1. The van der Waals surface area contributed by atoms with E-state index in [1.807, 2.05) is 6.07 Å². The Labute approximate surface area is 130 Å². The van der Waals surface area contributed by atoms with Gasteiger partial charge in [-0.3, -0.25) is 4.79 Å². The molecule has 0 bridgehead atoms. The standard InChI is InChI=1S/C14H14BrN3O3/c15-11-2-1-10(8-16)12(7-11)17-14(21)18-5-3-9(4-6-18)13(19)20/h1-2,7,9H,3-6H2,(H,17,21)(H,19,20). The lowest BCUT2D eigenvalue weighted by Crippen LogP contribution is -2.42. The lowest BCUT2D eigenvalue weighted by molar-refractivity contribution is -0.143. The minimum Gasteiger partial charge on any atom is -0.481 e. The van der Waals surface area contributed by atoms with Crippen LogP contribution in [0, 0.1) is 17.2 Å². The maximum absolute atomic E-state index is 12.2. The number of rotatable bonds is 2. The molecule has 0 radical (unpaired) electrons. The van der Waals surface area contributed by atoms with Gasteiger partial charge in [0.2, 0.25) is 0 Å². The van der Waals surface area contributed by atoms with E-state index in [1.54, 1.807) is 23.1 Å². The van der Waals surface area contributed by atoms with Gasteiger partial charge in [-0.2, -0.15) is 5.26 Å². The first kappa shape index (κ1) is 15.3. The molecular weight excluding hydrogens is 338 g/mol. The lowest BCUT2D eigenvalue weighted by Gasteiger charge is -2.30. The summed E-state index contributed by atoms with van der Waals surface area (Å²) < 4.78 is 0.765. The Kier molecular flexibility index (Phi) is 4.81. The Morgan fingerprint density at radius 3 is 2.62 bits per heavy atom. The summed E-state index contributed by atoms with van der Waals surface area (Å²) in [5.74, 6) is -1.19. The largest absolute Gasteiger partial charge is 0.481 e. The van der Waals surface area contributed by atoms with E-state index in [0.29, 0.717) is 37.2 Å². The molecule has 1 fully saturated rings. The molecule has 0 spiro atoms. The molecule has 7 heteroatoms. The van der Waals surface area contributed by atoms with E-state index in [9.17, 15) is 9.59 Å². The van der Waals surface area contributed by atoms with Crippen LogP contribution >= 0.6 is 15.9 Å². The maximum atomic E-state index is 12.2. The van der Waals surface area contributed by atoms with E-state index in [2.05, 4.69) is 21.2 Å². The van der Waals surface area contributed by atoms with Crippen LogP contribution < -0.4 is 5.32 Å². The van der Waals surface area contributed by atoms with Crippen molar-refractivity contribution in [3.63, 3.8) is 0 Å². The van der Waals surface area contributed by atoms with Gasteiger partial charge in [0, 0.05) is 17.6 Å². The molecule has 110 valence electrons. The van der Waals surface area contributed by atoms with E-state index in [4.69, 9.17) is 10.4 Å². The quantitative estimate of drug-likeness (QED) is 0.856. The third-order valence-corrected chi connectivity index (χ3v) is 3.97. The van der Waals surface area contributed by atoms with Crippen molar-refractivity contribution in [3.05, 3.63) is 28.2 Å². The monoisotopic (exact) mass is 351 g/mol. The molecular formula is C14H14BrN3O3. The van der Waals surface area contributed by atoms with Gasteiger partial charge in [-0.05, 0) is 31.0 Å². The number of nitrogens with zero attached hydrogens (tertiary/aromatic N) is 2. The number of carbonyl (C=O) groups excluding carboxylic acids is 1. The molecule has 0 saturated carbocycles. The number of halogens is 1. The average molecular weight is 352 g/mol. The van der Waals surface area contributed by atoms with E-state index in [0.717, 1.165) is 4.47 Å². The number of carboxylic acid groups (broad SMARTS) is 1. The second-order valence-electron chi connectivity index (χ2n) is 4.83. The lowest BCUT2D eigenvalue weighted by atomic mass is 9.97. The molecule has 0 aromatic heterocycles. The topological polar surface area (TPSA) is 93.4 Å². The van der Waals surface area contributed by atoms with Crippen LogP contribution in [0.1, 0.15) is 18.4 Å². The van der Waals surface area contributed by atoms with Gasteiger partial charge in [-0.15, -0.1) is 0 Å². The first-order chi connectivity index (χ1) is 10.0. The van der Waals surface area contributed by atoms with Gasteiger partial charge < -0.3 is 15.3 Å². The summed E-state index contributed by atoms with van der Waals surface area (Å²) in [5, 5.41) is 20.7. The summed E-state index contributed by atoms with van der Waals surface area (Å²) in [6.07, 6.45) is 0.901. The molecule has 0 unspecified atom stereocenters. The molecule has 0 aliphatic carbocycles. The zero-order chi connectivity index (χ0) is 15.4. The van der Waals surface area contributed by atoms with Gasteiger partial charge in [0.05, 0.1) is 17.2 Å².